The van der Waals surface area contributed by atoms with Crippen LogP contribution >= 0.6 is 0 Å². The number of sulfonamides is 1. The molecule has 0 aliphatic carbocycles. The van der Waals surface area contributed by atoms with Gasteiger partial charge in [-0.25, -0.2) is 17.5 Å². The van der Waals surface area contributed by atoms with E-state index < -0.39 is 10.0 Å². The molecule has 0 bridgehead atoms. The molecular weight excluding hydrogens is 243 g/mol. The molecule has 0 amide bonds. The number of nitrogens with one attached hydrogen (secondary N) is 2. The Kier molecular flexibility index (Phi) is 5.04. The van der Waals surface area contributed by atoms with E-state index in [1.807, 2.05) is 6.92 Å². The Hall–Kier alpha value is -0.980. The van der Waals surface area contributed by atoms with Crippen molar-refractivity contribution in [3.05, 3.63) is 35.1 Å². The van der Waals surface area contributed by atoms with Gasteiger partial charge in [-0.1, -0.05) is 6.07 Å². The SMILES string of the molecule is Cc1cc(F)ccc1CNCCNS(C)(=O)=O. The first-order valence-electron chi connectivity index (χ1n) is 5.29. The first kappa shape index (κ1) is 14.1. The van der Waals surface area contributed by atoms with Crippen LogP contribution in [-0.2, 0) is 16.6 Å². The molecule has 0 saturated carbocycles. The van der Waals surface area contributed by atoms with Crippen molar-refractivity contribution in [2.45, 2.75) is 13.5 Å². The fraction of sp³-hybridized carbons (Fsp3) is 0.455. The van der Waals surface area contributed by atoms with Crippen LogP contribution in [0.3, 0.4) is 0 Å². The van der Waals surface area contributed by atoms with Crippen LogP contribution in [-0.4, -0.2) is 27.8 Å². The Bertz CT molecular complexity index is 474. The number of rotatable bonds is 6. The summed E-state index contributed by atoms with van der Waals surface area (Å²) in [7, 11) is -3.12. The standard InChI is InChI=1S/C11H17FN2O2S/c1-9-7-11(12)4-3-10(9)8-13-5-6-14-17(2,15)16/h3-4,7,13-14H,5-6,8H2,1-2H3. The van der Waals surface area contributed by atoms with Gasteiger partial charge in [0.25, 0.3) is 0 Å². The van der Waals surface area contributed by atoms with Gasteiger partial charge in [0.2, 0.25) is 10.0 Å². The topological polar surface area (TPSA) is 58.2 Å². The number of aryl methyl sites for hydroxylation is 1. The molecule has 4 nitrogen and oxygen atoms in total. The van der Waals surface area contributed by atoms with E-state index >= 15 is 0 Å². The summed E-state index contributed by atoms with van der Waals surface area (Å²) in [4.78, 5) is 0. The summed E-state index contributed by atoms with van der Waals surface area (Å²) in [5.41, 5.74) is 1.89. The lowest BCUT2D eigenvalue weighted by Gasteiger charge is -2.08. The number of benzene rings is 1. The van der Waals surface area contributed by atoms with Crippen LogP contribution < -0.4 is 10.0 Å². The maximum atomic E-state index is 12.8. The first-order valence-corrected chi connectivity index (χ1v) is 7.18. The third-order valence-electron chi connectivity index (χ3n) is 2.29. The maximum Gasteiger partial charge on any atom is 0.208 e. The average molecular weight is 260 g/mol. The molecule has 0 atom stereocenters. The number of hydrogen-bond donors (Lipinski definition) is 2. The zero-order valence-electron chi connectivity index (χ0n) is 9.96. The lowest BCUT2D eigenvalue weighted by molar-refractivity contribution is 0.581. The van der Waals surface area contributed by atoms with Gasteiger partial charge in [-0.2, -0.15) is 0 Å². The van der Waals surface area contributed by atoms with Crippen molar-refractivity contribution in [2.24, 2.45) is 0 Å². The molecule has 1 rings (SSSR count). The van der Waals surface area contributed by atoms with E-state index in [2.05, 4.69) is 10.0 Å². The van der Waals surface area contributed by atoms with Crippen LogP contribution in [0.25, 0.3) is 0 Å². The Labute approximate surface area is 101 Å². The fourth-order valence-electron chi connectivity index (χ4n) is 1.41. The molecule has 0 spiro atoms. The van der Waals surface area contributed by atoms with Gasteiger partial charge < -0.3 is 5.32 Å². The zero-order chi connectivity index (χ0) is 12.9. The molecule has 0 fully saturated rings. The fourth-order valence-corrected chi connectivity index (χ4v) is 1.88. The van der Waals surface area contributed by atoms with Crippen LogP contribution in [0.15, 0.2) is 18.2 Å². The third kappa shape index (κ3) is 5.76. The van der Waals surface area contributed by atoms with Crippen molar-refractivity contribution >= 4 is 10.0 Å². The van der Waals surface area contributed by atoms with E-state index in [0.717, 1.165) is 17.4 Å². The quantitative estimate of drug-likeness (QED) is 0.743. The van der Waals surface area contributed by atoms with Gasteiger partial charge in [-0.15, -0.1) is 0 Å². The second-order valence-electron chi connectivity index (χ2n) is 3.91. The summed E-state index contributed by atoms with van der Waals surface area (Å²) in [6.45, 7) is 3.31. The molecule has 6 heteroatoms. The summed E-state index contributed by atoms with van der Waals surface area (Å²) >= 11 is 0. The Balaban J connectivity index is 2.32. The van der Waals surface area contributed by atoms with Gasteiger partial charge in [-0.05, 0) is 30.2 Å². The van der Waals surface area contributed by atoms with Crippen molar-refractivity contribution in [1.29, 1.82) is 0 Å². The Morgan fingerprint density at radius 2 is 2.00 bits per heavy atom. The minimum absolute atomic E-state index is 0.245. The van der Waals surface area contributed by atoms with Crippen molar-refractivity contribution < 1.29 is 12.8 Å². The smallest absolute Gasteiger partial charge is 0.208 e. The first-order chi connectivity index (χ1) is 7.88. The highest BCUT2D eigenvalue weighted by Gasteiger charge is 2.01. The van der Waals surface area contributed by atoms with Gasteiger partial charge in [0, 0.05) is 19.6 Å². The van der Waals surface area contributed by atoms with Crippen molar-refractivity contribution in [1.82, 2.24) is 10.0 Å². The van der Waals surface area contributed by atoms with Gasteiger partial charge >= 0.3 is 0 Å². The lowest BCUT2D eigenvalue weighted by atomic mass is 10.1. The third-order valence-corrected chi connectivity index (χ3v) is 3.01. The molecule has 1 aromatic carbocycles. The van der Waals surface area contributed by atoms with Gasteiger partial charge in [-0.3, -0.25) is 0 Å². The van der Waals surface area contributed by atoms with Crippen LogP contribution in [0.1, 0.15) is 11.1 Å². The second kappa shape index (κ2) is 6.09. The van der Waals surface area contributed by atoms with Gasteiger partial charge in [0.1, 0.15) is 5.82 Å². The molecule has 0 aliphatic rings. The Morgan fingerprint density at radius 3 is 2.59 bits per heavy atom. The molecule has 1 aromatic rings. The van der Waals surface area contributed by atoms with E-state index in [-0.39, 0.29) is 5.82 Å². The van der Waals surface area contributed by atoms with Crippen LogP contribution in [0.5, 0.6) is 0 Å². The lowest BCUT2D eigenvalue weighted by Crippen LogP contribution is -2.30. The highest BCUT2D eigenvalue weighted by molar-refractivity contribution is 7.88. The highest BCUT2D eigenvalue weighted by atomic mass is 32.2. The molecule has 0 aliphatic heterocycles. The maximum absolute atomic E-state index is 12.8. The van der Waals surface area contributed by atoms with Crippen LogP contribution in [0, 0.1) is 12.7 Å². The van der Waals surface area contributed by atoms with E-state index in [9.17, 15) is 12.8 Å². The van der Waals surface area contributed by atoms with E-state index in [1.165, 1.54) is 12.1 Å². The van der Waals surface area contributed by atoms with E-state index in [0.29, 0.717) is 19.6 Å². The minimum Gasteiger partial charge on any atom is -0.311 e. The van der Waals surface area contributed by atoms with Crippen molar-refractivity contribution in [3.63, 3.8) is 0 Å². The molecule has 0 aromatic heterocycles. The summed E-state index contributed by atoms with van der Waals surface area (Å²) in [5.74, 6) is -0.245. The normalized spacial score (nSPS) is 11.7. The summed E-state index contributed by atoms with van der Waals surface area (Å²) in [6, 6.07) is 4.62. The molecule has 96 valence electrons. The van der Waals surface area contributed by atoms with Crippen LogP contribution in [0.4, 0.5) is 4.39 Å². The highest BCUT2D eigenvalue weighted by Crippen LogP contribution is 2.09. The van der Waals surface area contributed by atoms with Crippen molar-refractivity contribution in [2.75, 3.05) is 19.3 Å². The molecular formula is C11H17FN2O2S. The summed E-state index contributed by atoms with van der Waals surface area (Å²) in [6.07, 6.45) is 1.12. The number of hydrogen-bond acceptors (Lipinski definition) is 3. The summed E-state index contributed by atoms with van der Waals surface area (Å²) in [5, 5.41) is 3.09. The van der Waals surface area contributed by atoms with E-state index in [4.69, 9.17) is 0 Å². The van der Waals surface area contributed by atoms with Gasteiger partial charge in [0.15, 0.2) is 0 Å². The molecule has 2 N–H and O–H groups in total. The Morgan fingerprint density at radius 1 is 1.29 bits per heavy atom. The zero-order valence-corrected chi connectivity index (χ0v) is 10.8. The van der Waals surface area contributed by atoms with E-state index in [1.54, 1.807) is 6.07 Å². The second-order valence-corrected chi connectivity index (χ2v) is 5.75. The predicted molar refractivity (Wildman–Crippen MR) is 65.7 cm³/mol. The molecule has 0 saturated heterocycles. The van der Waals surface area contributed by atoms with Gasteiger partial charge in [0.05, 0.1) is 6.26 Å². The molecule has 0 unspecified atom stereocenters. The average Bonchev–Trinajstić information content (AvgIpc) is 2.18. The van der Waals surface area contributed by atoms with Crippen molar-refractivity contribution in [3.8, 4) is 0 Å². The molecule has 17 heavy (non-hydrogen) atoms. The summed E-state index contributed by atoms with van der Waals surface area (Å²) < 4.78 is 36.8. The predicted octanol–water partition coefficient (Wildman–Crippen LogP) is 0.773. The number of halogens is 1. The minimum atomic E-state index is -3.12. The van der Waals surface area contributed by atoms with Crippen LogP contribution in [0.2, 0.25) is 0 Å². The molecule has 0 heterocycles. The molecule has 0 radical (unpaired) electrons. The largest absolute Gasteiger partial charge is 0.311 e. The monoisotopic (exact) mass is 260 g/mol.